The minimum atomic E-state index is -4.29. The van der Waals surface area contributed by atoms with Gasteiger partial charge in [-0.15, -0.1) is 0 Å². The van der Waals surface area contributed by atoms with Crippen LogP contribution in [0.2, 0.25) is 0 Å². The Morgan fingerprint density at radius 2 is 1.70 bits per heavy atom. The van der Waals surface area contributed by atoms with Crippen LogP contribution < -0.4 is 0 Å². The molecule has 0 nitrogen and oxygen atoms in total. The van der Waals surface area contributed by atoms with Gasteiger partial charge in [-0.3, -0.25) is 0 Å². The molecule has 0 amide bonds. The number of hydrogen-bond donors (Lipinski definition) is 0. The van der Waals surface area contributed by atoms with E-state index < -0.39 is 11.7 Å². The Morgan fingerprint density at radius 3 is 2.30 bits per heavy atom. The predicted octanol–water partition coefficient (Wildman–Crippen LogP) is 6.36. The summed E-state index contributed by atoms with van der Waals surface area (Å²) >= 11 is 0. The molecule has 0 radical (unpaired) electrons. The molecule has 0 atom stereocenters. The first-order valence-corrected chi connectivity index (χ1v) is 7.83. The van der Waals surface area contributed by atoms with Crippen LogP contribution in [-0.2, 0) is 12.6 Å². The molecule has 0 spiro atoms. The number of fused-ring (bicyclic) bond motifs is 1. The predicted molar refractivity (Wildman–Crippen MR) is 88.0 cm³/mol. The van der Waals surface area contributed by atoms with Crippen molar-refractivity contribution in [2.24, 2.45) is 5.92 Å². The Kier molecular flexibility index (Phi) is 4.05. The van der Waals surface area contributed by atoms with Crippen LogP contribution in [0.5, 0.6) is 0 Å². The van der Waals surface area contributed by atoms with Crippen LogP contribution in [-0.4, -0.2) is 0 Å². The smallest absolute Gasteiger partial charge is 0.166 e. The fourth-order valence-corrected chi connectivity index (χ4v) is 3.18. The SMILES string of the molecule is CC(C)CC1=Cc2c(cccc2-c2ccc(C(F)(F)F)cc2)C1. The summed E-state index contributed by atoms with van der Waals surface area (Å²) in [5.74, 6) is 0.602. The molecular weight excluding hydrogens is 297 g/mol. The number of hydrogen-bond acceptors (Lipinski definition) is 0. The van der Waals surface area contributed by atoms with Crippen LogP contribution in [0.4, 0.5) is 13.2 Å². The van der Waals surface area contributed by atoms with Gasteiger partial charge in [0.1, 0.15) is 0 Å². The summed E-state index contributed by atoms with van der Waals surface area (Å²) in [6.45, 7) is 4.39. The van der Waals surface area contributed by atoms with E-state index in [-0.39, 0.29) is 0 Å². The van der Waals surface area contributed by atoms with Gasteiger partial charge < -0.3 is 0 Å². The Bertz CT molecular complexity index is 734. The third-order valence-electron chi connectivity index (χ3n) is 4.16. The summed E-state index contributed by atoms with van der Waals surface area (Å²) in [5, 5.41) is 0. The lowest BCUT2D eigenvalue weighted by molar-refractivity contribution is -0.137. The van der Waals surface area contributed by atoms with Gasteiger partial charge in [0.2, 0.25) is 0 Å². The summed E-state index contributed by atoms with van der Waals surface area (Å²) < 4.78 is 38.1. The van der Waals surface area contributed by atoms with Crippen molar-refractivity contribution in [3.63, 3.8) is 0 Å². The van der Waals surface area contributed by atoms with Gasteiger partial charge in [0, 0.05) is 0 Å². The molecule has 0 aromatic heterocycles. The fraction of sp³-hybridized carbons (Fsp3) is 0.300. The minimum absolute atomic E-state index is 0.602. The van der Waals surface area contributed by atoms with Crippen LogP contribution in [0.3, 0.4) is 0 Å². The zero-order valence-corrected chi connectivity index (χ0v) is 13.2. The molecule has 2 aromatic carbocycles. The second-order valence-corrected chi connectivity index (χ2v) is 6.53. The Balaban J connectivity index is 1.97. The molecule has 120 valence electrons. The van der Waals surface area contributed by atoms with Gasteiger partial charge in [-0.1, -0.05) is 55.8 Å². The number of benzene rings is 2. The lowest BCUT2D eigenvalue weighted by atomic mass is 9.96. The van der Waals surface area contributed by atoms with Crippen molar-refractivity contribution in [2.75, 3.05) is 0 Å². The number of rotatable bonds is 3. The standard InChI is InChI=1S/C20H19F3/c1-13(2)10-14-11-16-4-3-5-18(19(16)12-14)15-6-8-17(9-7-15)20(21,22)23/h3-9,12-13H,10-11H2,1-2H3. The molecule has 3 heteroatoms. The summed E-state index contributed by atoms with van der Waals surface area (Å²) in [6, 6.07) is 11.5. The van der Waals surface area contributed by atoms with E-state index in [9.17, 15) is 13.2 Å². The molecular formula is C20H19F3. The summed E-state index contributed by atoms with van der Waals surface area (Å²) in [6.07, 6.45) is -0.0764. The number of alkyl halides is 3. The second-order valence-electron chi connectivity index (χ2n) is 6.53. The zero-order valence-electron chi connectivity index (χ0n) is 13.2. The van der Waals surface area contributed by atoms with Gasteiger partial charge in [-0.2, -0.15) is 13.2 Å². The number of halogens is 3. The Labute approximate surface area is 134 Å². The molecule has 0 saturated heterocycles. The lowest BCUT2D eigenvalue weighted by Crippen LogP contribution is -2.04. The second kappa shape index (κ2) is 5.88. The highest BCUT2D eigenvalue weighted by atomic mass is 19.4. The van der Waals surface area contributed by atoms with Crippen molar-refractivity contribution in [2.45, 2.75) is 32.9 Å². The molecule has 3 rings (SSSR count). The van der Waals surface area contributed by atoms with Crippen LogP contribution in [0, 0.1) is 5.92 Å². The highest BCUT2D eigenvalue weighted by Gasteiger charge is 2.30. The number of allylic oxidation sites excluding steroid dienone is 1. The maximum atomic E-state index is 12.7. The van der Waals surface area contributed by atoms with E-state index in [1.165, 1.54) is 11.1 Å². The zero-order chi connectivity index (χ0) is 16.6. The first-order valence-electron chi connectivity index (χ1n) is 7.83. The third kappa shape index (κ3) is 3.34. The fourth-order valence-electron chi connectivity index (χ4n) is 3.18. The van der Waals surface area contributed by atoms with Crippen molar-refractivity contribution in [1.82, 2.24) is 0 Å². The Morgan fingerprint density at radius 1 is 1.00 bits per heavy atom. The van der Waals surface area contributed by atoms with Crippen molar-refractivity contribution in [3.05, 3.63) is 64.7 Å². The van der Waals surface area contributed by atoms with Crippen molar-refractivity contribution in [1.29, 1.82) is 0 Å². The van der Waals surface area contributed by atoms with Crippen molar-refractivity contribution in [3.8, 4) is 11.1 Å². The summed E-state index contributed by atoms with van der Waals surface area (Å²) in [5.41, 5.74) is 5.05. The topological polar surface area (TPSA) is 0 Å². The van der Waals surface area contributed by atoms with E-state index in [2.05, 4.69) is 26.0 Å². The molecule has 0 bridgehead atoms. The van der Waals surface area contributed by atoms with Crippen LogP contribution in [0.25, 0.3) is 17.2 Å². The van der Waals surface area contributed by atoms with E-state index in [1.807, 2.05) is 12.1 Å². The van der Waals surface area contributed by atoms with Gasteiger partial charge in [0.25, 0.3) is 0 Å². The molecule has 0 unspecified atom stereocenters. The van der Waals surface area contributed by atoms with E-state index in [0.717, 1.165) is 41.7 Å². The van der Waals surface area contributed by atoms with Gasteiger partial charge in [0.15, 0.2) is 0 Å². The largest absolute Gasteiger partial charge is 0.416 e. The summed E-state index contributed by atoms with van der Waals surface area (Å²) in [4.78, 5) is 0. The van der Waals surface area contributed by atoms with E-state index >= 15 is 0 Å². The third-order valence-corrected chi connectivity index (χ3v) is 4.16. The van der Waals surface area contributed by atoms with Crippen LogP contribution in [0.1, 0.15) is 37.0 Å². The van der Waals surface area contributed by atoms with Gasteiger partial charge in [-0.25, -0.2) is 0 Å². The highest BCUT2D eigenvalue weighted by molar-refractivity contribution is 5.80. The van der Waals surface area contributed by atoms with E-state index in [1.54, 1.807) is 12.1 Å². The first kappa shape index (κ1) is 15.9. The maximum Gasteiger partial charge on any atom is 0.416 e. The minimum Gasteiger partial charge on any atom is -0.166 e. The lowest BCUT2D eigenvalue weighted by Gasteiger charge is -2.10. The molecule has 23 heavy (non-hydrogen) atoms. The summed E-state index contributed by atoms with van der Waals surface area (Å²) in [7, 11) is 0. The molecule has 0 aliphatic heterocycles. The molecule has 2 aromatic rings. The van der Waals surface area contributed by atoms with Crippen molar-refractivity contribution >= 4 is 6.08 Å². The monoisotopic (exact) mass is 316 g/mol. The molecule has 0 heterocycles. The highest BCUT2D eigenvalue weighted by Crippen LogP contribution is 2.37. The van der Waals surface area contributed by atoms with E-state index in [4.69, 9.17) is 0 Å². The molecule has 0 saturated carbocycles. The van der Waals surface area contributed by atoms with Crippen LogP contribution >= 0.6 is 0 Å². The molecule has 1 aliphatic carbocycles. The molecule has 0 fully saturated rings. The average Bonchev–Trinajstić information content (AvgIpc) is 2.87. The van der Waals surface area contributed by atoms with Crippen LogP contribution in [0.15, 0.2) is 48.0 Å². The van der Waals surface area contributed by atoms with Gasteiger partial charge in [-0.05, 0) is 53.1 Å². The maximum absolute atomic E-state index is 12.7. The normalized spacial score (nSPS) is 14.1. The van der Waals surface area contributed by atoms with Gasteiger partial charge in [0.05, 0.1) is 5.56 Å². The van der Waals surface area contributed by atoms with E-state index in [0.29, 0.717) is 5.92 Å². The Hall–Kier alpha value is -2.03. The quantitative estimate of drug-likeness (QED) is 0.618. The molecule has 1 aliphatic rings. The molecule has 0 N–H and O–H groups in total. The average molecular weight is 316 g/mol. The van der Waals surface area contributed by atoms with Gasteiger partial charge >= 0.3 is 6.18 Å². The first-order chi connectivity index (χ1) is 10.8. The van der Waals surface area contributed by atoms with Crippen molar-refractivity contribution < 1.29 is 13.2 Å².